The van der Waals surface area contributed by atoms with Gasteiger partial charge in [0.1, 0.15) is 0 Å². The number of nitrogens with zero attached hydrogens (tertiary/aromatic N) is 3. The molecule has 0 fully saturated rings. The maximum atomic E-state index is 12.5. The lowest BCUT2D eigenvalue weighted by Gasteiger charge is -2.27. The second kappa shape index (κ2) is 6.58. The molecule has 0 atom stereocenters. The van der Waals surface area contributed by atoms with Crippen molar-refractivity contribution in [1.82, 2.24) is 19.9 Å². The van der Waals surface area contributed by atoms with Gasteiger partial charge in [-0.1, -0.05) is 6.07 Å². The molecule has 4 rings (SSSR count). The topological polar surface area (TPSA) is 61.9 Å². The summed E-state index contributed by atoms with van der Waals surface area (Å²) >= 11 is 5.12. The van der Waals surface area contributed by atoms with Crippen molar-refractivity contribution in [3.05, 3.63) is 67.6 Å². The van der Waals surface area contributed by atoms with Gasteiger partial charge in [-0.2, -0.15) is 0 Å². The minimum absolute atomic E-state index is 0.0260. The van der Waals surface area contributed by atoms with Crippen molar-refractivity contribution in [1.29, 1.82) is 0 Å². The third-order valence-electron chi connectivity index (χ3n) is 4.15. The van der Waals surface area contributed by atoms with Crippen molar-refractivity contribution in [2.24, 2.45) is 0 Å². The molecule has 0 spiro atoms. The first-order valence-electron chi connectivity index (χ1n) is 7.67. The molecule has 0 radical (unpaired) electrons. The Morgan fingerprint density at radius 3 is 3.08 bits per heavy atom. The lowest BCUT2D eigenvalue weighted by atomic mass is 10.1. The summed E-state index contributed by atoms with van der Waals surface area (Å²) in [6.45, 7) is 2.30. The van der Waals surface area contributed by atoms with Gasteiger partial charge >= 0.3 is 0 Å². The van der Waals surface area contributed by atoms with Crippen LogP contribution >= 0.6 is 27.3 Å². The van der Waals surface area contributed by atoms with Crippen molar-refractivity contribution < 1.29 is 0 Å². The van der Waals surface area contributed by atoms with Crippen LogP contribution in [-0.4, -0.2) is 26.4 Å². The van der Waals surface area contributed by atoms with E-state index < -0.39 is 0 Å². The first-order valence-corrected chi connectivity index (χ1v) is 9.34. The van der Waals surface area contributed by atoms with Gasteiger partial charge in [0.25, 0.3) is 5.56 Å². The Labute approximate surface area is 151 Å². The standard InChI is InChI=1S/C17H15BrN4OS/c18-13-8-19-5-3-11(13)9-22-6-4-14-12(10-22)17(23)21-16(20-14)15-2-1-7-24-15/h1-3,5,7-8H,4,6,9-10H2,(H,20,21,23). The summed E-state index contributed by atoms with van der Waals surface area (Å²) in [6.07, 6.45) is 4.38. The van der Waals surface area contributed by atoms with Crippen LogP contribution in [0.4, 0.5) is 0 Å². The highest BCUT2D eigenvalue weighted by atomic mass is 79.9. The predicted molar refractivity (Wildman–Crippen MR) is 97.9 cm³/mol. The SMILES string of the molecule is O=c1[nH]c(-c2cccs2)nc2c1CN(Cc1ccncc1Br)CC2. The van der Waals surface area contributed by atoms with Crippen LogP contribution in [0.2, 0.25) is 0 Å². The van der Waals surface area contributed by atoms with E-state index in [1.54, 1.807) is 23.7 Å². The van der Waals surface area contributed by atoms with Gasteiger partial charge in [0, 0.05) is 42.9 Å². The van der Waals surface area contributed by atoms with E-state index in [9.17, 15) is 4.79 Å². The van der Waals surface area contributed by atoms with Gasteiger partial charge in [-0.05, 0) is 39.0 Å². The van der Waals surface area contributed by atoms with Gasteiger partial charge < -0.3 is 4.98 Å². The summed E-state index contributed by atoms with van der Waals surface area (Å²) in [5.74, 6) is 0.680. The molecular weight excluding hydrogens is 388 g/mol. The highest BCUT2D eigenvalue weighted by molar-refractivity contribution is 9.10. The maximum absolute atomic E-state index is 12.5. The predicted octanol–water partition coefficient (Wildman–Crippen LogP) is 3.21. The number of pyridine rings is 1. The van der Waals surface area contributed by atoms with E-state index in [-0.39, 0.29) is 5.56 Å². The fourth-order valence-corrected chi connectivity index (χ4v) is 3.96. The maximum Gasteiger partial charge on any atom is 0.255 e. The van der Waals surface area contributed by atoms with Crippen LogP contribution in [0.15, 0.2) is 45.2 Å². The summed E-state index contributed by atoms with van der Waals surface area (Å²) in [7, 11) is 0. The van der Waals surface area contributed by atoms with E-state index in [2.05, 4.69) is 35.8 Å². The van der Waals surface area contributed by atoms with Gasteiger partial charge in [-0.25, -0.2) is 4.98 Å². The molecule has 3 aromatic heterocycles. The number of halogens is 1. The van der Waals surface area contributed by atoms with Gasteiger partial charge in [0.15, 0.2) is 5.82 Å². The molecule has 0 aromatic carbocycles. The number of hydrogen-bond acceptors (Lipinski definition) is 5. The van der Waals surface area contributed by atoms with Crippen LogP contribution in [0.3, 0.4) is 0 Å². The Morgan fingerprint density at radius 2 is 2.29 bits per heavy atom. The molecule has 0 bridgehead atoms. The molecule has 5 nitrogen and oxygen atoms in total. The van der Waals surface area contributed by atoms with E-state index in [1.165, 1.54) is 5.56 Å². The number of H-pyrrole nitrogens is 1. The zero-order chi connectivity index (χ0) is 16.5. The molecule has 0 unspecified atom stereocenters. The molecule has 24 heavy (non-hydrogen) atoms. The van der Waals surface area contributed by atoms with Gasteiger partial charge in [0.05, 0.1) is 16.1 Å². The average Bonchev–Trinajstić information content (AvgIpc) is 3.12. The minimum Gasteiger partial charge on any atom is -0.306 e. The van der Waals surface area contributed by atoms with Crippen LogP contribution in [0, 0.1) is 0 Å². The molecule has 1 aliphatic rings. The monoisotopic (exact) mass is 402 g/mol. The Morgan fingerprint density at radius 1 is 1.38 bits per heavy atom. The van der Waals surface area contributed by atoms with Crippen LogP contribution in [0.5, 0.6) is 0 Å². The van der Waals surface area contributed by atoms with E-state index in [4.69, 9.17) is 0 Å². The lowest BCUT2D eigenvalue weighted by Crippen LogP contribution is -2.35. The molecule has 1 aliphatic heterocycles. The van der Waals surface area contributed by atoms with Crippen molar-refractivity contribution >= 4 is 27.3 Å². The molecule has 7 heteroatoms. The molecule has 1 N–H and O–H groups in total. The highest BCUT2D eigenvalue weighted by Gasteiger charge is 2.22. The third kappa shape index (κ3) is 3.07. The fraction of sp³-hybridized carbons (Fsp3) is 0.235. The largest absolute Gasteiger partial charge is 0.306 e. The van der Waals surface area contributed by atoms with Crippen LogP contribution in [0.1, 0.15) is 16.8 Å². The highest BCUT2D eigenvalue weighted by Crippen LogP contribution is 2.24. The van der Waals surface area contributed by atoms with E-state index in [0.717, 1.165) is 40.1 Å². The number of fused-ring (bicyclic) bond motifs is 1. The number of aromatic amines is 1. The Balaban J connectivity index is 1.60. The number of rotatable bonds is 3. The van der Waals surface area contributed by atoms with Crippen molar-refractivity contribution in [3.63, 3.8) is 0 Å². The number of hydrogen-bond donors (Lipinski definition) is 1. The van der Waals surface area contributed by atoms with Crippen LogP contribution in [0.25, 0.3) is 10.7 Å². The quantitative estimate of drug-likeness (QED) is 0.730. The molecule has 122 valence electrons. The summed E-state index contributed by atoms with van der Waals surface area (Å²) in [5.41, 5.74) is 2.86. The van der Waals surface area contributed by atoms with E-state index >= 15 is 0 Å². The van der Waals surface area contributed by atoms with Crippen molar-refractivity contribution in [3.8, 4) is 10.7 Å². The molecular formula is C17H15BrN4OS. The second-order valence-electron chi connectivity index (χ2n) is 5.74. The summed E-state index contributed by atoms with van der Waals surface area (Å²) in [6, 6.07) is 5.95. The second-order valence-corrected chi connectivity index (χ2v) is 7.55. The zero-order valence-electron chi connectivity index (χ0n) is 12.8. The zero-order valence-corrected chi connectivity index (χ0v) is 15.2. The smallest absolute Gasteiger partial charge is 0.255 e. The Kier molecular flexibility index (Phi) is 4.30. The molecule has 0 amide bonds. The molecule has 0 saturated carbocycles. The normalized spacial score (nSPS) is 14.5. The minimum atomic E-state index is -0.0260. The summed E-state index contributed by atoms with van der Waals surface area (Å²) in [4.78, 5) is 27.5. The van der Waals surface area contributed by atoms with E-state index in [0.29, 0.717) is 12.4 Å². The molecule has 0 saturated heterocycles. The molecule has 0 aliphatic carbocycles. The Bertz CT molecular complexity index is 923. The van der Waals surface area contributed by atoms with E-state index in [1.807, 2.05) is 23.6 Å². The average molecular weight is 403 g/mol. The van der Waals surface area contributed by atoms with Gasteiger partial charge in [-0.3, -0.25) is 14.7 Å². The van der Waals surface area contributed by atoms with Crippen molar-refractivity contribution in [2.45, 2.75) is 19.5 Å². The van der Waals surface area contributed by atoms with Gasteiger partial charge in [-0.15, -0.1) is 11.3 Å². The van der Waals surface area contributed by atoms with Gasteiger partial charge in [0.2, 0.25) is 0 Å². The summed E-state index contributed by atoms with van der Waals surface area (Å²) in [5, 5.41) is 1.99. The van der Waals surface area contributed by atoms with Crippen LogP contribution < -0.4 is 5.56 Å². The third-order valence-corrected chi connectivity index (χ3v) is 5.74. The first kappa shape index (κ1) is 15.7. The summed E-state index contributed by atoms with van der Waals surface area (Å²) < 4.78 is 0.996. The number of nitrogens with one attached hydrogen (secondary N) is 1. The molecule has 4 heterocycles. The number of aromatic nitrogens is 3. The number of thiophene rings is 1. The lowest BCUT2D eigenvalue weighted by molar-refractivity contribution is 0.241. The fourth-order valence-electron chi connectivity index (χ4n) is 2.92. The van der Waals surface area contributed by atoms with Crippen molar-refractivity contribution in [2.75, 3.05) is 6.54 Å². The Hall–Kier alpha value is -1.83. The van der Waals surface area contributed by atoms with Crippen LogP contribution in [-0.2, 0) is 19.5 Å². The first-order chi connectivity index (χ1) is 11.7. The molecule has 3 aromatic rings.